The largest absolute Gasteiger partial charge is 0.524 e. The smallest absolute Gasteiger partial charge is 0.404 e. The van der Waals surface area contributed by atoms with Crippen molar-refractivity contribution in [2.45, 2.75) is 46.1 Å². The lowest BCUT2D eigenvalue weighted by Gasteiger charge is -2.14. The van der Waals surface area contributed by atoms with Crippen LogP contribution in [-0.2, 0) is 33.5 Å². The number of fused-ring (bicyclic) bond motifs is 3. The third-order valence-corrected chi connectivity index (χ3v) is 7.03. The second kappa shape index (κ2) is 13.1. The van der Waals surface area contributed by atoms with Crippen LogP contribution in [0.4, 0.5) is 5.82 Å². The number of ether oxygens (including phenoxy) is 1. The van der Waals surface area contributed by atoms with Crippen LogP contribution < -0.4 is 15.6 Å². The van der Waals surface area contributed by atoms with Crippen molar-refractivity contribution in [3.63, 3.8) is 0 Å². The van der Waals surface area contributed by atoms with Crippen molar-refractivity contribution < 1.29 is 28.4 Å². The van der Waals surface area contributed by atoms with E-state index >= 15 is 0 Å². The molecule has 0 spiro atoms. The summed E-state index contributed by atoms with van der Waals surface area (Å²) in [5, 5.41) is 3.49. The zero-order chi connectivity index (χ0) is 29.6. The molecular weight excluding hydrogens is 545 g/mol. The summed E-state index contributed by atoms with van der Waals surface area (Å²) in [6.45, 7) is 5.50. The molecule has 1 amide bonds. The molecule has 0 fully saturated rings. The van der Waals surface area contributed by atoms with E-state index in [4.69, 9.17) is 26.4 Å². The molecule has 0 saturated carbocycles. The number of terminal acetylenes is 1. The highest BCUT2D eigenvalue weighted by molar-refractivity contribution is 7.46. The number of nitrogen functional groups attached to an aromatic ring is 1. The first-order valence-corrected chi connectivity index (χ1v) is 14.9. The summed E-state index contributed by atoms with van der Waals surface area (Å²) in [6, 6.07) is 11.2. The second-order valence-corrected chi connectivity index (χ2v) is 10.9. The molecule has 5 N–H and O–H groups in total. The molecule has 2 aromatic heterocycles. The van der Waals surface area contributed by atoms with Gasteiger partial charge in [-0.05, 0) is 60.6 Å². The fraction of sp³-hybridized carbons (Fsp3) is 0.345. The number of nitrogens with zero attached hydrogens (tertiary/aromatic N) is 3. The molecule has 216 valence electrons. The van der Waals surface area contributed by atoms with Gasteiger partial charge in [0.1, 0.15) is 17.1 Å². The van der Waals surface area contributed by atoms with Gasteiger partial charge in [-0.15, -0.1) is 6.42 Å². The van der Waals surface area contributed by atoms with E-state index < -0.39 is 13.7 Å². The average molecular weight is 580 g/mol. The van der Waals surface area contributed by atoms with Crippen LogP contribution in [0.1, 0.15) is 42.3 Å². The minimum Gasteiger partial charge on any atom is -0.404 e. The standard InChI is InChI=1S/C29H34N5O6P/c1-4-6-7-25-33-27-28(34(25)18-21-9-11-24(19(3)16-21)40-41(36,37)38)22-17-20(8-10-23(22)32-29(27)30)12-14-39-15-13-31-26(35)5-2/h2,8-11,16-17H,4,6-7,12-15,18H2,1,3H3,(H2,30,32)(H,31,35)(H2,36,37,38). The topological polar surface area (TPSA) is 162 Å². The lowest BCUT2D eigenvalue weighted by molar-refractivity contribution is -0.115. The van der Waals surface area contributed by atoms with E-state index in [0.717, 1.165) is 52.6 Å². The highest BCUT2D eigenvalue weighted by atomic mass is 31.2. The highest BCUT2D eigenvalue weighted by Gasteiger charge is 2.20. The molecule has 0 radical (unpaired) electrons. The second-order valence-electron chi connectivity index (χ2n) is 9.71. The number of aryl methyl sites for hydroxylation is 2. The predicted octanol–water partition coefficient (Wildman–Crippen LogP) is 3.65. The number of amides is 1. The number of anilines is 1. The number of rotatable bonds is 13. The third kappa shape index (κ3) is 7.63. The number of aromatic nitrogens is 3. The quantitative estimate of drug-likeness (QED) is 0.105. The van der Waals surface area contributed by atoms with Gasteiger partial charge in [-0.25, -0.2) is 14.5 Å². The van der Waals surface area contributed by atoms with Crippen molar-refractivity contribution in [3.8, 4) is 18.1 Å². The van der Waals surface area contributed by atoms with Gasteiger partial charge < -0.3 is 24.9 Å². The number of pyridine rings is 1. The third-order valence-electron chi connectivity index (χ3n) is 6.60. The molecule has 41 heavy (non-hydrogen) atoms. The molecule has 0 atom stereocenters. The van der Waals surface area contributed by atoms with Gasteiger partial charge in [0.05, 0.1) is 24.2 Å². The Bertz CT molecular complexity index is 1660. The highest BCUT2D eigenvalue weighted by Crippen LogP contribution is 2.39. The number of imidazole rings is 1. The van der Waals surface area contributed by atoms with Crippen LogP contribution in [0, 0.1) is 19.3 Å². The van der Waals surface area contributed by atoms with E-state index in [9.17, 15) is 19.1 Å². The maximum absolute atomic E-state index is 11.3. The molecule has 11 nitrogen and oxygen atoms in total. The van der Waals surface area contributed by atoms with E-state index in [2.05, 4.69) is 27.9 Å². The number of phosphoric ester groups is 1. The van der Waals surface area contributed by atoms with E-state index in [1.807, 2.05) is 24.1 Å². The first kappa shape index (κ1) is 30.0. The van der Waals surface area contributed by atoms with Crippen LogP contribution in [0.2, 0.25) is 0 Å². The number of carbonyl (C=O) groups is 1. The van der Waals surface area contributed by atoms with Crippen LogP contribution >= 0.6 is 7.82 Å². The molecule has 0 aliphatic heterocycles. The Morgan fingerprint density at radius 3 is 2.63 bits per heavy atom. The molecule has 0 aliphatic rings. The molecule has 0 saturated heterocycles. The fourth-order valence-corrected chi connectivity index (χ4v) is 5.12. The van der Waals surface area contributed by atoms with E-state index in [1.54, 1.807) is 19.1 Å². The Hall–Kier alpha value is -3.94. The van der Waals surface area contributed by atoms with Crippen molar-refractivity contribution >= 4 is 41.5 Å². The molecule has 0 aliphatic carbocycles. The first-order valence-electron chi connectivity index (χ1n) is 13.3. The van der Waals surface area contributed by atoms with Crippen LogP contribution in [0.25, 0.3) is 21.9 Å². The lowest BCUT2D eigenvalue weighted by Crippen LogP contribution is -2.25. The molecule has 2 aromatic carbocycles. The summed E-state index contributed by atoms with van der Waals surface area (Å²) in [4.78, 5) is 39.1. The molecular formula is C29H34N5O6P. The normalized spacial score (nSPS) is 11.6. The lowest BCUT2D eigenvalue weighted by atomic mass is 10.1. The first-order chi connectivity index (χ1) is 19.6. The zero-order valence-corrected chi connectivity index (χ0v) is 24.0. The maximum atomic E-state index is 11.3. The predicted molar refractivity (Wildman–Crippen MR) is 157 cm³/mol. The van der Waals surface area contributed by atoms with Crippen molar-refractivity contribution in [3.05, 3.63) is 58.9 Å². The SMILES string of the molecule is C#CC(=O)NCCOCCc1ccc2nc(N)c3nc(CCCC)n(Cc4ccc(OP(=O)(O)O)c(C)c4)c3c2c1. The molecule has 2 heterocycles. The molecule has 12 heteroatoms. The Morgan fingerprint density at radius 1 is 1.15 bits per heavy atom. The number of benzene rings is 2. The monoisotopic (exact) mass is 579 g/mol. The van der Waals surface area contributed by atoms with Crippen LogP contribution in [0.5, 0.6) is 5.75 Å². The van der Waals surface area contributed by atoms with Crippen molar-refractivity contribution in [2.24, 2.45) is 0 Å². The maximum Gasteiger partial charge on any atom is 0.524 e. The number of phosphoric acid groups is 1. The summed E-state index contributed by atoms with van der Waals surface area (Å²) < 4.78 is 24.0. The van der Waals surface area contributed by atoms with Crippen LogP contribution in [0.15, 0.2) is 36.4 Å². The van der Waals surface area contributed by atoms with E-state index in [1.165, 1.54) is 0 Å². The average Bonchev–Trinajstić information content (AvgIpc) is 3.29. The van der Waals surface area contributed by atoms with Gasteiger partial charge in [-0.1, -0.05) is 31.5 Å². The van der Waals surface area contributed by atoms with E-state index in [-0.39, 0.29) is 5.75 Å². The number of carbonyl (C=O) groups excluding carboxylic acids is 1. The van der Waals surface area contributed by atoms with Gasteiger partial charge in [0.15, 0.2) is 5.82 Å². The van der Waals surface area contributed by atoms with Crippen molar-refractivity contribution in [1.82, 2.24) is 19.9 Å². The van der Waals surface area contributed by atoms with Gasteiger partial charge in [0, 0.05) is 24.9 Å². The number of unbranched alkanes of at least 4 members (excludes halogenated alkanes) is 1. The minimum absolute atomic E-state index is 0.132. The van der Waals surface area contributed by atoms with Gasteiger partial charge in [0.25, 0.3) is 5.91 Å². The number of nitrogens with one attached hydrogen (secondary N) is 1. The van der Waals surface area contributed by atoms with Gasteiger partial charge in [0.2, 0.25) is 0 Å². The van der Waals surface area contributed by atoms with Crippen molar-refractivity contribution in [1.29, 1.82) is 0 Å². The van der Waals surface area contributed by atoms with Crippen LogP contribution in [0.3, 0.4) is 0 Å². The Morgan fingerprint density at radius 2 is 1.93 bits per heavy atom. The Kier molecular flexibility index (Phi) is 9.63. The summed E-state index contributed by atoms with van der Waals surface area (Å²) in [5.74, 6) is 2.92. The summed E-state index contributed by atoms with van der Waals surface area (Å²) >= 11 is 0. The number of hydrogen-bond donors (Lipinski definition) is 4. The summed E-state index contributed by atoms with van der Waals surface area (Å²) in [5.41, 5.74) is 11.2. The molecule has 4 aromatic rings. The van der Waals surface area contributed by atoms with Gasteiger partial charge >= 0.3 is 7.82 Å². The molecule has 4 rings (SSSR count). The number of nitrogens with two attached hydrogens (primary N) is 1. The Balaban J connectivity index is 1.67. The number of hydrogen-bond acceptors (Lipinski definition) is 7. The van der Waals surface area contributed by atoms with Gasteiger partial charge in [-0.3, -0.25) is 14.6 Å². The fourth-order valence-electron chi connectivity index (χ4n) is 4.66. The van der Waals surface area contributed by atoms with Gasteiger partial charge in [-0.2, -0.15) is 0 Å². The Labute approximate surface area is 238 Å². The minimum atomic E-state index is -4.67. The summed E-state index contributed by atoms with van der Waals surface area (Å²) in [6.07, 6.45) is 8.41. The van der Waals surface area contributed by atoms with Crippen LogP contribution in [-0.4, -0.2) is 50.0 Å². The van der Waals surface area contributed by atoms with Crippen molar-refractivity contribution in [2.75, 3.05) is 25.5 Å². The zero-order valence-electron chi connectivity index (χ0n) is 23.1. The van der Waals surface area contributed by atoms with E-state index in [0.29, 0.717) is 49.6 Å². The summed E-state index contributed by atoms with van der Waals surface area (Å²) in [7, 11) is -4.67. The molecule has 0 bridgehead atoms. The molecule has 0 unspecified atom stereocenters.